The first-order valence-corrected chi connectivity index (χ1v) is 7.34. The van der Waals surface area contributed by atoms with Gasteiger partial charge in [0.2, 0.25) is 0 Å². The van der Waals surface area contributed by atoms with Crippen LogP contribution in [0.2, 0.25) is 0 Å². The lowest BCUT2D eigenvalue weighted by molar-refractivity contribution is 0.0379. The van der Waals surface area contributed by atoms with Crippen molar-refractivity contribution in [3.63, 3.8) is 0 Å². The highest BCUT2D eigenvalue weighted by atomic mass is 16.5. The summed E-state index contributed by atoms with van der Waals surface area (Å²) in [5.74, 6) is 1.22. The Balaban J connectivity index is 2.37. The van der Waals surface area contributed by atoms with Crippen LogP contribution in [0.1, 0.15) is 29.8 Å². The molecule has 0 spiro atoms. The molecule has 0 aliphatic rings. The number of ether oxygens (including phenoxy) is 3. The summed E-state index contributed by atoms with van der Waals surface area (Å²) in [6, 6.07) is 10.6. The maximum Gasteiger partial charge on any atom is 0.340 e. The lowest BCUT2D eigenvalue weighted by Gasteiger charge is -2.15. The summed E-state index contributed by atoms with van der Waals surface area (Å²) in [4.78, 5) is 12.1. The van der Waals surface area contributed by atoms with Crippen LogP contribution in [0, 0.1) is 6.92 Å². The molecule has 0 saturated heterocycles. The maximum atomic E-state index is 12.1. The predicted octanol–water partition coefficient (Wildman–Crippen LogP) is 3.94. The number of para-hydroxylation sites is 2. The zero-order chi connectivity index (χ0) is 17.0. The molecule has 0 bridgehead atoms. The van der Waals surface area contributed by atoms with Gasteiger partial charge in [0, 0.05) is 5.69 Å². The number of aryl methyl sites for hydroxylation is 1. The lowest BCUT2D eigenvalue weighted by atomic mass is 10.1. The van der Waals surface area contributed by atoms with Crippen molar-refractivity contribution in [3.8, 4) is 17.2 Å². The zero-order valence-corrected chi connectivity index (χ0v) is 13.8. The van der Waals surface area contributed by atoms with E-state index in [1.807, 2.05) is 19.1 Å². The normalized spacial score (nSPS) is 10.5. The lowest BCUT2D eigenvalue weighted by Crippen LogP contribution is -2.13. The summed E-state index contributed by atoms with van der Waals surface area (Å²) < 4.78 is 16.4. The standard InChI is InChI=1S/C18H21NO4/c1-11(2)22-18(20)13-10-17(12(3)9-14(13)19)23-16-8-6-5-7-15(16)21-4/h5-11H,19H2,1-4H3. The molecule has 2 aromatic rings. The number of carbonyl (C=O) groups excluding carboxylic acids is 1. The molecule has 0 aromatic heterocycles. The van der Waals surface area contributed by atoms with Gasteiger partial charge in [-0.1, -0.05) is 12.1 Å². The van der Waals surface area contributed by atoms with Crippen LogP contribution < -0.4 is 15.2 Å². The molecule has 5 heteroatoms. The van der Waals surface area contributed by atoms with Crippen LogP contribution >= 0.6 is 0 Å². The fourth-order valence-corrected chi connectivity index (χ4v) is 2.10. The molecule has 5 nitrogen and oxygen atoms in total. The number of carbonyl (C=O) groups is 1. The highest BCUT2D eigenvalue weighted by Gasteiger charge is 2.17. The minimum Gasteiger partial charge on any atom is -0.493 e. The fraction of sp³-hybridized carbons (Fsp3) is 0.278. The number of anilines is 1. The van der Waals surface area contributed by atoms with E-state index in [0.29, 0.717) is 22.9 Å². The second-order valence-electron chi connectivity index (χ2n) is 5.41. The first-order chi connectivity index (χ1) is 10.9. The van der Waals surface area contributed by atoms with Gasteiger partial charge >= 0.3 is 5.97 Å². The monoisotopic (exact) mass is 315 g/mol. The van der Waals surface area contributed by atoms with Gasteiger partial charge in [0.15, 0.2) is 11.5 Å². The Hall–Kier alpha value is -2.69. The third-order valence-electron chi connectivity index (χ3n) is 3.20. The number of nitrogens with two attached hydrogens (primary N) is 1. The number of esters is 1. The van der Waals surface area contributed by atoms with Crippen molar-refractivity contribution in [2.45, 2.75) is 26.9 Å². The van der Waals surface area contributed by atoms with Crippen molar-refractivity contribution in [1.82, 2.24) is 0 Å². The summed E-state index contributed by atoms with van der Waals surface area (Å²) in [5, 5.41) is 0. The molecule has 0 amide bonds. The summed E-state index contributed by atoms with van der Waals surface area (Å²) in [5.41, 5.74) is 7.40. The van der Waals surface area contributed by atoms with E-state index < -0.39 is 5.97 Å². The first kappa shape index (κ1) is 16.7. The molecule has 0 heterocycles. The topological polar surface area (TPSA) is 70.8 Å². The molecule has 23 heavy (non-hydrogen) atoms. The Labute approximate surface area is 136 Å². The Kier molecular flexibility index (Phi) is 5.11. The van der Waals surface area contributed by atoms with Gasteiger partial charge in [-0.2, -0.15) is 0 Å². The average molecular weight is 315 g/mol. The molecule has 2 aromatic carbocycles. The van der Waals surface area contributed by atoms with Crippen LogP contribution in [-0.4, -0.2) is 19.2 Å². The van der Waals surface area contributed by atoms with Crippen molar-refractivity contribution in [2.75, 3.05) is 12.8 Å². The van der Waals surface area contributed by atoms with Crippen molar-refractivity contribution in [3.05, 3.63) is 47.5 Å². The average Bonchev–Trinajstić information content (AvgIpc) is 2.49. The van der Waals surface area contributed by atoms with Gasteiger partial charge in [-0.05, 0) is 50.6 Å². The van der Waals surface area contributed by atoms with Crippen LogP contribution in [0.3, 0.4) is 0 Å². The third-order valence-corrected chi connectivity index (χ3v) is 3.20. The van der Waals surface area contributed by atoms with E-state index in [2.05, 4.69) is 0 Å². The van der Waals surface area contributed by atoms with E-state index in [-0.39, 0.29) is 11.7 Å². The highest BCUT2D eigenvalue weighted by Crippen LogP contribution is 2.34. The zero-order valence-electron chi connectivity index (χ0n) is 13.8. The SMILES string of the molecule is COc1ccccc1Oc1cc(C(=O)OC(C)C)c(N)cc1C. The molecular weight excluding hydrogens is 294 g/mol. The third kappa shape index (κ3) is 3.94. The Morgan fingerprint density at radius 3 is 2.35 bits per heavy atom. The summed E-state index contributed by atoms with van der Waals surface area (Å²) in [6.45, 7) is 5.43. The van der Waals surface area contributed by atoms with Gasteiger partial charge in [-0.3, -0.25) is 0 Å². The van der Waals surface area contributed by atoms with Gasteiger partial charge in [-0.25, -0.2) is 4.79 Å². The van der Waals surface area contributed by atoms with E-state index >= 15 is 0 Å². The predicted molar refractivity (Wildman–Crippen MR) is 89.2 cm³/mol. The van der Waals surface area contributed by atoms with Gasteiger partial charge < -0.3 is 19.9 Å². The minimum absolute atomic E-state index is 0.221. The molecule has 0 fully saturated rings. The molecule has 122 valence electrons. The molecule has 2 N–H and O–H groups in total. The van der Waals surface area contributed by atoms with E-state index in [1.165, 1.54) is 0 Å². The molecule has 0 atom stereocenters. The maximum absolute atomic E-state index is 12.1. The minimum atomic E-state index is -0.470. The van der Waals surface area contributed by atoms with E-state index in [4.69, 9.17) is 19.9 Å². The van der Waals surface area contributed by atoms with Crippen LogP contribution in [0.4, 0.5) is 5.69 Å². The number of benzene rings is 2. The molecule has 0 radical (unpaired) electrons. The Bertz CT molecular complexity index is 710. The molecule has 0 unspecified atom stereocenters. The number of methoxy groups -OCH3 is 1. The van der Waals surface area contributed by atoms with Crippen molar-refractivity contribution >= 4 is 11.7 Å². The number of nitrogen functional groups attached to an aromatic ring is 1. The summed E-state index contributed by atoms with van der Waals surface area (Å²) in [7, 11) is 1.57. The van der Waals surface area contributed by atoms with E-state index in [9.17, 15) is 4.79 Å². The van der Waals surface area contributed by atoms with Gasteiger partial charge in [0.25, 0.3) is 0 Å². The quantitative estimate of drug-likeness (QED) is 0.668. The van der Waals surface area contributed by atoms with Crippen LogP contribution in [-0.2, 0) is 4.74 Å². The fourth-order valence-electron chi connectivity index (χ4n) is 2.10. The van der Waals surface area contributed by atoms with E-state index in [1.54, 1.807) is 45.2 Å². The molecule has 0 aliphatic carbocycles. The number of hydrogen-bond donors (Lipinski definition) is 1. The van der Waals surface area contributed by atoms with Crippen LogP contribution in [0.25, 0.3) is 0 Å². The summed E-state index contributed by atoms with van der Waals surface area (Å²) in [6.07, 6.45) is -0.221. The first-order valence-electron chi connectivity index (χ1n) is 7.34. The molecule has 0 saturated carbocycles. The smallest absolute Gasteiger partial charge is 0.340 e. The van der Waals surface area contributed by atoms with Crippen molar-refractivity contribution in [1.29, 1.82) is 0 Å². The summed E-state index contributed by atoms with van der Waals surface area (Å²) >= 11 is 0. The second-order valence-corrected chi connectivity index (χ2v) is 5.41. The highest BCUT2D eigenvalue weighted by molar-refractivity contribution is 5.96. The van der Waals surface area contributed by atoms with Crippen LogP contribution in [0.5, 0.6) is 17.2 Å². The molecule has 0 aliphatic heterocycles. The second kappa shape index (κ2) is 7.05. The van der Waals surface area contributed by atoms with Gasteiger partial charge in [0.05, 0.1) is 18.8 Å². The van der Waals surface area contributed by atoms with E-state index in [0.717, 1.165) is 5.56 Å². The van der Waals surface area contributed by atoms with Crippen molar-refractivity contribution in [2.24, 2.45) is 0 Å². The van der Waals surface area contributed by atoms with Crippen LogP contribution in [0.15, 0.2) is 36.4 Å². The number of hydrogen-bond acceptors (Lipinski definition) is 5. The number of rotatable bonds is 5. The van der Waals surface area contributed by atoms with Gasteiger partial charge in [0.1, 0.15) is 5.75 Å². The van der Waals surface area contributed by atoms with Crippen molar-refractivity contribution < 1.29 is 19.0 Å². The Morgan fingerprint density at radius 2 is 1.74 bits per heavy atom. The largest absolute Gasteiger partial charge is 0.493 e. The molecule has 2 rings (SSSR count). The van der Waals surface area contributed by atoms with Gasteiger partial charge in [-0.15, -0.1) is 0 Å². The Morgan fingerprint density at radius 1 is 1.09 bits per heavy atom. The molecular formula is C18H21NO4.